The summed E-state index contributed by atoms with van der Waals surface area (Å²) in [5.41, 5.74) is 2.05. The van der Waals surface area contributed by atoms with E-state index in [0.29, 0.717) is 29.3 Å². The first-order valence-corrected chi connectivity index (χ1v) is 11.3. The third-order valence-electron chi connectivity index (χ3n) is 4.49. The maximum atomic E-state index is 12.3. The number of methoxy groups -OCH3 is 2. The number of rotatable bonds is 11. The van der Waals surface area contributed by atoms with Crippen LogP contribution in [0.3, 0.4) is 0 Å². The van der Waals surface area contributed by atoms with Crippen molar-refractivity contribution in [2.75, 3.05) is 37.9 Å². The van der Waals surface area contributed by atoms with Gasteiger partial charge in [0.1, 0.15) is 0 Å². The van der Waals surface area contributed by atoms with E-state index in [2.05, 4.69) is 11.9 Å². The molecule has 0 radical (unpaired) electrons. The number of carbonyl (C=O) groups excluding carboxylic acids is 1. The zero-order valence-corrected chi connectivity index (χ0v) is 18.4. The summed E-state index contributed by atoms with van der Waals surface area (Å²) in [5.74, 6) is 1.16. The molecule has 2 rings (SSSR count). The molecule has 1 N–H and O–H groups in total. The van der Waals surface area contributed by atoms with Crippen LogP contribution in [0.1, 0.15) is 22.3 Å². The van der Waals surface area contributed by atoms with Crippen LogP contribution in [0.25, 0.3) is 0 Å². The number of nitrogens with zero attached hydrogens (tertiary/aromatic N) is 1. The minimum Gasteiger partial charge on any atom is -0.493 e. The topological polar surface area (TPSA) is 84.9 Å². The van der Waals surface area contributed by atoms with Gasteiger partial charge >= 0.3 is 0 Å². The largest absolute Gasteiger partial charge is 0.493 e. The van der Waals surface area contributed by atoms with Crippen LogP contribution >= 0.6 is 0 Å². The molecule has 2 aromatic rings. The summed E-state index contributed by atoms with van der Waals surface area (Å²) in [6.07, 6.45) is 4.19. The van der Waals surface area contributed by atoms with Crippen LogP contribution in [0.5, 0.6) is 11.5 Å². The van der Waals surface area contributed by atoms with Crippen molar-refractivity contribution in [2.24, 2.45) is 0 Å². The Balaban J connectivity index is 1.90. The second-order valence-corrected chi connectivity index (χ2v) is 8.59. The minimum atomic E-state index is -3.42. The van der Waals surface area contributed by atoms with Crippen LogP contribution in [-0.4, -0.2) is 47.9 Å². The summed E-state index contributed by atoms with van der Waals surface area (Å²) in [6, 6.07) is 12.2. The number of hydrogen-bond acceptors (Lipinski definition) is 5. The maximum Gasteiger partial charge on any atom is 0.251 e. The summed E-state index contributed by atoms with van der Waals surface area (Å²) < 4.78 is 35.5. The van der Waals surface area contributed by atoms with Gasteiger partial charge in [-0.3, -0.25) is 9.10 Å². The van der Waals surface area contributed by atoms with E-state index in [1.165, 1.54) is 10.4 Å². The first-order valence-electron chi connectivity index (χ1n) is 9.48. The second kappa shape index (κ2) is 10.7. The lowest BCUT2D eigenvalue weighted by Gasteiger charge is -2.20. The fourth-order valence-electron chi connectivity index (χ4n) is 2.96. The summed E-state index contributed by atoms with van der Waals surface area (Å²) in [7, 11) is -0.230. The molecule has 2 aromatic carbocycles. The van der Waals surface area contributed by atoms with Crippen molar-refractivity contribution in [3.05, 3.63) is 66.2 Å². The molecule has 7 nitrogen and oxygen atoms in total. The van der Waals surface area contributed by atoms with Gasteiger partial charge in [0.15, 0.2) is 11.5 Å². The number of carbonyl (C=O) groups is 1. The molecule has 0 aliphatic carbocycles. The predicted molar refractivity (Wildman–Crippen MR) is 119 cm³/mol. The Labute approximate surface area is 178 Å². The number of hydrogen-bond donors (Lipinski definition) is 1. The number of aryl methyl sites for hydroxylation is 1. The predicted octanol–water partition coefficient (Wildman–Crippen LogP) is 3.02. The quantitative estimate of drug-likeness (QED) is 0.436. The van der Waals surface area contributed by atoms with Crippen molar-refractivity contribution in [2.45, 2.75) is 12.8 Å². The Bertz CT molecular complexity index is 972. The Morgan fingerprint density at radius 1 is 1.10 bits per heavy atom. The lowest BCUT2D eigenvalue weighted by atomic mass is 10.1. The number of sulfonamides is 1. The van der Waals surface area contributed by atoms with E-state index in [0.717, 1.165) is 24.7 Å². The smallest absolute Gasteiger partial charge is 0.251 e. The van der Waals surface area contributed by atoms with Gasteiger partial charge in [-0.05, 0) is 54.8 Å². The van der Waals surface area contributed by atoms with Crippen molar-refractivity contribution >= 4 is 21.6 Å². The Morgan fingerprint density at radius 2 is 1.77 bits per heavy atom. The lowest BCUT2D eigenvalue weighted by molar-refractivity contribution is 0.0953. The molecule has 0 saturated heterocycles. The molecule has 0 saturated carbocycles. The fourth-order valence-corrected chi connectivity index (χ4v) is 3.84. The molecular weight excluding hydrogens is 404 g/mol. The number of anilines is 1. The normalized spacial score (nSPS) is 10.9. The van der Waals surface area contributed by atoms with Crippen LogP contribution in [0.2, 0.25) is 0 Å². The highest BCUT2D eigenvalue weighted by atomic mass is 32.2. The fraction of sp³-hybridized carbons (Fsp3) is 0.318. The maximum absolute atomic E-state index is 12.3. The molecule has 162 valence electrons. The second-order valence-electron chi connectivity index (χ2n) is 6.68. The van der Waals surface area contributed by atoms with E-state index >= 15 is 0 Å². The molecule has 0 heterocycles. The number of nitrogens with one attached hydrogen (secondary N) is 1. The van der Waals surface area contributed by atoms with Gasteiger partial charge in [0.25, 0.3) is 5.91 Å². The van der Waals surface area contributed by atoms with E-state index < -0.39 is 10.0 Å². The van der Waals surface area contributed by atoms with Crippen LogP contribution < -0.4 is 19.1 Å². The molecule has 0 unspecified atom stereocenters. The van der Waals surface area contributed by atoms with E-state index in [9.17, 15) is 13.2 Å². The van der Waals surface area contributed by atoms with Crippen molar-refractivity contribution in [1.82, 2.24) is 5.32 Å². The molecule has 0 aliphatic rings. The zero-order chi connectivity index (χ0) is 22.1. The van der Waals surface area contributed by atoms with Gasteiger partial charge in [0.2, 0.25) is 10.0 Å². The van der Waals surface area contributed by atoms with E-state index in [-0.39, 0.29) is 12.5 Å². The highest BCUT2D eigenvalue weighted by Gasteiger charge is 2.16. The number of benzene rings is 2. The van der Waals surface area contributed by atoms with Crippen LogP contribution in [0, 0.1) is 0 Å². The van der Waals surface area contributed by atoms with E-state index in [1.807, 2.05) is 18.2 Å². The zero-order valence-electron chi connectivity index (χ0n) is 17.6. The summed E-state index contributed by atoms with van der Waals surface area (Å²) in [6.45, 7) is 4.27. The highest BCUT2D eigenvalue weighted by Crippen LogP contribution is 2.27. The number of ether oxygens (including phenoxy) is 2. The molecule has 0 aromatic heterocycles. The summed E-state index contributed by atoms with van der Waals surface area (Å²) in [5, 5.41) is 2.88. The van der Waals surface area contributed by atoms with E-state index in [1.54, 1.807) is 38.5 Å². The average molecular weight is 433 g/mol. The summed E-state index contributed by atoms with van der Waals surface area (Å²) in [4.78, 5) is 12.3. The van der Waals surface area contributed by atoms with Crippen LogP contribution in [-0.2, 0) is 16.4 Å². The van der Waals surface area contributed by atoms with Gasteiger partial charge in [0.05, 0.1) is 32.7 Å². The van der Waals surface area contributed by atoms with Gasteiger partial charge in [-0.25, -0.2) is 8.42 Å². The Kier molecular flexibility index (Phi) is 8.29. The Morgan fingerprint density at radius 3 is 2.33 bits per heavy atom. The third-order valence-corrected chi connectivity index (χ3v) is 5.65. The monoisotopic (exact) mass is 432 g/mol. The molecule has 0 spiro atoms. The van der Waals surface area contributed by atoms with Crippen LogP contribution in [0.4, 0.5) is 5.69 Å². The first kappa shape index (κ1) is 23.3. The van der Waals surface area contributed by atoms with Crippen molar-refractivity contribution in [3.63, 3.8) is 0 Å². The highest BCUT2D eigenvalue weighted by molar-refractivity contribution is 7.92. The molecule has 0 bridgehead atoms. The van der Waals surface area contributed by atoms with Crippen molar-refractivity contribution < 1.29 is 22.7 Å². The Hall–Kier alpha value is -3.00. The summed E-state index contributed by atoms with van der Waals surface area (Å²) >= 11 is 0. The van der Waals surface area contributed by atoms with Crippen LogP contribution in [0.15, 0.2) is 55.1 Å². The van der Waals surface area contributed by atoms with Gasteiger partial charge < -0.3 is 14.8 Å². The third kappa shape index (κ3) is 6.25. The first-order chi connectivity index (χ1) is 14.3. The average Bonchev–Trinajstić information content (AvgIpc) is 2.74. The minimum absolute atomic E-state index is 0.167. The molecule has 1 amide bonds. The molecule has 0 aliphatic heterocycles. The van der Waals surface area contributed by atoms with Gasteiger partial charge in [-0.15, -0.1) is 6.58 Å². The lowest BCUT2D eigenvalue weighted by Crippen LogP contribution is -2.30. The molecule has 0 atom stereocenters. The number of amides is 1. The van der Waals surface area contributed by atoms with Crippen molar-refractivity contribution in [3.8, 4) is 11.5 Å². The van der Waals surface area contributed by atoms with Crippen molar-refractivity contribution in [1.29, 1.82) is 0 Å². The van der Waals surface area contributed by atoms with Gasteiger partial charge in [0, 0.05) is 12.1 Å². The SMILES string of the molecule is C=CCN(c1ccc(C(=O)NCCCc2ccc(OC)c(OC)c2)cc1)S(C)(=O)=O. The molecule has 0 fully saturated rings. The van der Waals surface area contributed by atoms with Gasteiger partial charge in [-0.1, -0.05) is 12.1 Å². The molecular formula is C22H28N2O5S. The molecule has 8 heteroatoms. The molecule has 30 heavy (non-hydrogen) atoms. The van der Waals surface area contributed by atoms with Gasteiger partial charge in [-0.2, -0.15) is 0 Å². The standard InChI is InChI=1S/C22H28N2O5S/c1-5-15-24(30(4,26)27)19-11-9-18(10-12-19)22(25)23-14-6-7-17-8-13-20(28-2)21(16-17)29-3/h5,8-13,16H,1,6-7,14-15H2,2-4H3,(H,23,25). The van der Waals surface area contributed by atoms with E-state index in [4.69, 9.17) is 9.47 Å².